The highest BCUT2D eigenvalue weighted by Gasteiger charge is 2.11. The van der Waals surface area contributed by atoms with Crippen LogP contribution < -0.4 is 5.73 Å². The number of hydrogen-bond donors (Lipinski definition) is 1. The molecule has 2 aromatic heterocycles. The molecule has 2 rings (SSSR count). The number of thiazole rings is 2. The Morgan fingerprint density at radius 3 is 3.00 bits per heavy atom. The standard InChI is InChI=1S/C10H13N3S2/c1-2-3-7(11)9-13-8(6-15-9)10-12-4-5-14-10/h4-7H,2-3,11H2,1H3. The molecule has 2 N–H and O–H groups in total. The Kier molecular flexibility index (Phi) is 3.45. The van der Waals surface area contributed by atoms with E-state index in [9.17, 15) is 0 Å². The van der Waals surface area contributed by atoms with Crippen LogP contribution in [0.3, 0.4) is 0 Å². The Hall–Kier alpha value is -0.780. The van der Waals surface area contributed by atoms with Gasteiger partial charge in [-0.2, -0.15) is 0 Å². The number of aromatic nitrogens is 2. The van der Waals surface area contributed by atoms with Crippen LogP contribution in [0.1, 0.15) is 30.8 Å². The summed E-state index contributed by atoms with van der Waals surface area (Å²) in [4.78, 5) is 8.74. The summed E-state index contributed by atoms with van der Waals surface area (Å²) in [6, 6.07) is 0.0775. The molecular formula is C10H13N3S2. The molecule has 0 aromatic carbocycles. The van der Waals surface area contributed by atoms with E-state index in [2.05, 4.69) is 16.9 Å². The number of hydrogen-bond acceptors (Lipinski definition) is 5. The summed E-state index contributed by atoms with van der Waals surface area (Å²) in [6.45, 7) is 2.13. The van der Waals surface area contributed by atoms with E-state index in [-0.39, 0.29) is 6.04 Å². The Morgan fingerprint density at radius 2 is 2.33 bits per heavy atom. The molecule has 2 aromatic rings. The molecule has 3 nitrogen and oxygen atoms in total. The first-order valence-corrected chi connectivity index (χ1v) is 6.68. The maximum atomic E-state index is 6.00. The molecule has 80 valence electrons. The van der Waals surface area contributed by atoms with Crippen molar-refractivity contribution in [1.82, 2.24) is 9.97 Å². The number of nitrogens with zero attached hydrogens (tertiary/aromatic N) is 2. The van der Waals surface area contributed by atoms with Crippen LogP contribution in [0.2, 0.25) is 0 Å². The highest BCUT2D eigenvalue weighted by Crippen LogP contribution is 2.27. The van der Waals surface area contributed by atoms with E-state index in [4.69, 9.17) is 5.73 Å². The average Bonchev–Trinajstić information content (AvgIpc) is 2.89. The van der Waals surface area contributed by atoms with Crippen molar-refractivity contribution in [2.45, 2.75) is 25.8 Å². The van der Waals surface area contributed by atoms with Crippen LogP contribution >= 0.6 is 22.7 Å². The monoisotopic (exact) mass is 239 g/mol. The van der Waals surface area contributed by atoms with Gasteiger partial charge >= 0.3 is 0 Å². The Balaban J connectivity index is 2.17. The lowest BCUT2D eigenvalue weighted by atomic mass is 10.2. The van der Waals surface area contributed by atoms with Gasteiger partial charge in [-0.1, -0.05) is 13.3 Å². The van der Waals surface area contributed by atoms with E-state index in [1.165, 1.54) is 0 Å². The smallest absolute Gasteiger partial charge is 0.142 e. The van der Waals surface area contributed by atoms with Gasteiger partial charge in [0.1, 0.15) is 15.7 Å². The molecule has 0 bridgehead atoms. The van der Waals surface area contributed by atoms with Gasteiger partial charge in [0, 0.05) is 17.0 Å². The zero-order chi connectivity index (χ0) is 10.7. The van der Waals surface area contributed by atoms with Gasteiger partial charge in [-0.15, -0.1) is 22.7 Å². The Morgan fingerprint density at radius 1 is 1.47 bits per heavy atom. The van der Waals surface area contributed by atoms with E-state index < -0.39 is 0 Å². The normalized spacial score (nSPS) is 12.9. The van der Waals surface area contributed by atoms with E-state index >= 15 is 0 Å². The number of nitrogens with two attached hydrogens (primary N) is 1. The fourth-order valence-corrected chi connectivity index (χ4v) is 2.85. The van der Waals surface area contributed by atoms with Gasteiger partial charge in [-0.25, -0.2) is 9.97 Å². The SMILES string of the molecule is CCCC(N)c1nc(-c2nccs2)cs1. The molecule has 1 atom stereocenters. The number of rotatable bonds is 4. The highest BCUT2D eigenvalue weighted by atomic mass is 32.1. The molecule has 0 aliphatic heterocycles. The van der Waals surface area contributed by atoms with Crippen LogP contribution in [0.25, 0.3) is 10.7 Å². The molecule has 15 heavy (non-hydrogen) atoms. The van der Waals surface area contributed by atoms with E-state index in [1.54, 1.807) is 28.9 Å². The van der Waals surface area contributed by atoms with E-state index in [0.29, 0.717) is 0 Å². The lowest BCUT2D eigenvalue weighted by Gasteiger charge is -2.04. The molecule has 2 heterocycles. The first kappa shape index (κ1) is 10.7. The fraction of sp³-hybridized carbons (Fsp3) is 0.400. The molecule has 1 unspecified atom stereocenters. The topological polar surface area (TPSA) is 51.8 Å². The molecule has 0 saturated heterocycles. The van der Waals surface area contributed by atoms with Crippen molar-refractivity contribution in [1.29, 1.82) is 0 Å². The summed E-state index contributed by atoms with van der Waals surface area (Å²) in [5.74, 6) is 0. The third-order valence-corrected chi connectivity index (χ3v) is 3.86. The largest absolute Gasteiger partial charge is 0.322 e. The second kappa shape index (κ2) is 4.83. The zero-order valence-electron chi connectivity index (χ0n) is 8.51. The lowest BCUT2D eigenvalue weighted by molar-refractivity contribution is 0.635. The van der Waals surface area contributed by atoms with Gasteiger partial charge in [0.15, 0.2) is 0 Å². The maximum Gasteiger partial charge on any atom is 0.142 e. The molecule has 0 fully saturated rings. The van der Waals surface area contributed by atoms with Gasteiger partial charge in [0.05, 0.1) is 6.04 Å². The van der Waals surface area contributed by atoms with E-state index in [1.807, 2.05) is 10.8 Å². The Labute approximate surface area is 97.0 Å². The van der Waals surface area contributed by atoms with E-state index in [0.717, 1.165) is 28.6 Å². The first-order valence-electron chi connectivity index (χ1n) is 4.92. The van der Waals surface area contributed by atoms with Crippen molar-refractivity contribution in [2.75, 3.05) is 0 Å². The van der Waals surface area contributed by atoms with Crippen LogP contribution in [-0.2, 0) is 0 Å². The highest BCUT2D eigenvalue weighted by molar-refractivity contribution is 7.14. The fourth-order valence-electron chi connectivity index (χ4n) is 1.34. The second-order valence-electron chi connectivity index (χ2n) is 3.30. The van der Waals surface area contributed by atoms with Crippen LogP contribution in [0.15, 0.2) is 17.0 Å². The molecule has 0 radical (unpaired) electrons. The van der Waals surface area contributed by atoms with Gasteiger partial charge < -0.3 is 5.73 Å². The summed E-state index contributed by atoms with van der Waals surface area (Å²) >= 11 is 3.23. The average molecular weight is 239 g/mol. The molecule has 0 aliphatic carbocycles. The quantitative estimate of drug-likeness (QED) is 0.892. The van der Waals surface area contributed by atoms with Crippen molar-refractivity contribution in [2.24, 2.45) is 5.73 Å². The van der Waals surface area contributed by atoms with Crippen molar-refractivity contribution in [3.8, 4) is 10.7 Å². The zero-order valence-corrected chi connectivity index (χ0v) is 10.1. The van der Waals surface area contributed by atoms with Crippen molar-refractivity contribution < 1.29 is 0 Å². The summed E-state index contributed by atoms with van der Waals surface area (Å²) in [5.41, 5.74) is 6.96. The Bertz CT molecular complexity index is 408. The van der Waals surface area contributed by atoms with Crippen LogP contribution in [0.4, 0.5) is 0 Å². The van der Waals surface area contributed by atoms with Gasteiger partial charge in [0.2, 0.25) is 0 Å². The lowest BCUT2D eigenvalue weighted by Crippen LogP contribution is -2.09. The predicted molar refractivity (Wildman–Crippen MR) is 65.1 cm³/mol. The molecule has 0 spiro atoms. The van der Waals surface area contributed by atoms with Gasteiger partial charge in [-0.05, 0) is 6.42 Å². The molecule has 0 aliphatic rings. The van der Waals surface area contributed by atoms with Crippen LogP contribution in [0.5, 0.6) is 0 Å². The minimum absolute atomic E-state index is 0.0775. The predicted octanol–water partition coefficient (Wildman–Crippen LogP) is 3.07. The van der Waals surface area contributed by atoms with Crippen molar-refractivity contribution >= 4 is 22.7 Å². The molecular weight excluding hydrogens is 226 g/mol. The van der Waals surface area contributed by atoms with Gasteiger partial charge in [0.25, 0.3) is 0 Å². The second-order valence-corrected chi connectivity index (χ2v) is 5.09. The molecule has 0 saturated carbocycles. The van der Waals surface area contributed by atoms with Crippen molar-refractivity contribution in [3.05, 3.63) is 22.0 Å². The van der Waals surface area contributed by atoms with Crippen LogP contribution in [0, 0.1) is 0 Å². The maximum absolute atomic E-state index is 6.00. The summed E-state index contributed by atoms with van der Waals surface area (Å²) in [6.07, 6.45) is 3.88. The third kappa shape index (κ3) is 2.42. The minimum Gasteiger partial charge on any atom is -0.322 e. The summed E-state index contributed by atoms with van der Waals surface area (Å²) in [5, 5.41) is 5.98. The third-order valence-electron chi connectivity index (χ3n) is 2.09. The summed E-state index contributed by atoms with van der Waals surface area (Å²) < 4.78 is 0. The van der Waals surface area contributed by atoms with Gasteiger partial charge in [-0.3, -0.25) is 0 Å². The summed E-state index contributed by atoms with van der Waals surface area (Å²) in [7, 11) is 0. The first-order chi connectivity index (χ1) is 7.31. The minimum atomic E-state index is 0.0775. The molecule has 5 heteroatoms. The van der Waals surface area contributed by atoms with Crippen LogP contribution in [-0.4, -0.2) is 9.97 Å². The van der Waals surface area contributed by atoms with Crippen molar-refractivity contribution in [3.63, 3.8) is 0 Å². The molecule has 0 amide bonds.